The van der Waals surface area contributed by atoms with Gasteiger partial charge in [0.15, 0.2) is 5.43 Å². The Kier molecular flexibility index (Phi) is 4.84. The average Bonchev–Trinajstić information content (AvgIpc) is 3.07. The first kappa shape index (κ1) is 19.2. The molecule has 1 aromatic heterocycles. The molecule has 142 valence electrons. The fraction of sp³-hybridized carbons (Fsp3) is 0.632. The number of hydrogen-bond acceptors (Lipinski definition) is 6. The minimum absolute atomic E-state index is 0.0740. The van der Waals surface area contributed by atoms with Crippen molar-refractivity contribution in [1.82, 2.24) is 0 Å². The molecule has 1 aromatic rings. The van der Waals surface area contributed by atoms with E-state index in [1.54, 1.807) is 13.8 Å². The number of rotatable bonds is 3. The number of hydrogen-bond donors (Lipinski definition) is 0. The molecule has 2 aliphatic rings. The summed E-state index contributed by atoms with van der Waals surface area (Å²) in [6.07, 6.45) is 0.311. The second-order valence-corrected chi connectivity index (χ2v) is 7.99. The van der Waals surface area contributed by atoms with Crippen molar-refractivity contribution in [3.05, 3.63) is 38.7 Å². The van der Waals surface area contributed by atoms with E-state index in [0.29, 0.717) is 29.9 Å². The molecule has 2 aliphatic heterocycles. The maximum Gasteiger partial charge on any atom is 0.487 e. The van der Waals surface area contributed by atoms with Crippen molar-refractivity contribution >= 4 is 7.12 Å². The van der Waals surface area contributed by atoms with Crippen LogP contribution in [0, 0.1) is 13.8 Å². The van der Waals surface area contributed by atoms with Gasteiger partial charge >= 0.3 is 7.12 Å². The highest BCUT2D eigenvalue weighted by molar-refractivity contribution is 6.51. The van der Waals surface area contributed by atoms with E-state index in [4.69, 9.17) is 23.2 Å². The molecule has 0 aromatic carbocycles. The van der Waals surface area contributed by atoms with Gasteiger partial charge in [-0.15, -0.1) is 0 Å². The fourth-order valence-corrected chi connectivity index (χ4v) is 3.24. The zero-order valence-corrected chi connectivity index (χ0v) is 16.6. The van der Waals surface area contributed by atoms with Gasteiger partial charge in [0, 0.05) is 12.0 Å². The summed E-state index contributed by atoms with van der Waals surface area (Å²) >= 11 is 0. The van der Waals surface area contributed by atoms with E-state index in [1.165, 1.54) is 7.11 Å². The summed E-state index contributed by atoms with van der Waals surface area (Å²) < 4.78 is 28.9. The van der Waals surface area contributed by atoms with Gasteiger partial charge in [-0.25, -0.2) is 0 Å². The van der Waals surface area contributed by atoms with Crippen molar-refractivity contribution in [3.63, 3.8) is 0 Å². The molecular formula is C19H27BO6. The Morgan fingerprint density at radius 2 is 1.73 bits per heavy atom. The largest absolute Gasteiger partial charge is 0.487 e. The van der Waals surface area contributed by atoms with Gasteiger partial charge in [-0.2, -0.15) is 0 Å². The first-order valence-electron chi connectivity index (χ1n) is 8.90. The van der Waals surface area contributed by atoms with Gasteiger partial charge in [0.05, 0.1) is 30.5 Å². The third-order valence-corrected chi connectivity index (χ3v) is 5.60. The van der Waals surface area contributed by atoms with E-state index in [9.17, 15) is 4.79 Å². The summed E-state index contributed by atoms with van der Waals surface area (Å²) in [6.45, 7) is 12.0. The third-order valence-electron chi connectivity index (χ3n) is 5.60. The predicted octanol–water partition coefficient (Wildman–Crippen LogP) is 3.28. The van der Waals surface area contributed by atoms with Crippen LogP contribution in [0.4, 0.5) is 0 Å². The molecule has 0 bridgehead atoms. The summed E-state index contributed by atoms with van der Waals surface area (Å²) in [6, 6.07) is 0. The standard InChI is InChI=1S/C19H27BO6/c1-11-15(21)12(2)17(22-7)24-16(11)14-8-13(10-23-14)9-20-25-18(3,4)19(5,6)26-20/h9,14H,8,10H2,1-7H3/b13-9+/t14-/m1/s1. The van der Waals surface area contributed by atoms with Gasteiger partial charge in [0.1, 0.15) is 11.9 Å². The van der Waals surface area contributed by atoms with Gasteiger partial charge in [0.2, 0.25) is 0 Å². The van der Waals surface area contributed by atoms with Crippen molar-refractivity contribution in [2.75, 3.05) is 13.7 Å². The lowest BCUT2D eigenvalue weighted by atomic mass is 9.86. The van der Waals surface area contributed by atoms with Crippen molar-refractivity contribution < 1.29 is 23.2 Å². The van der Waals surface area contributed by atoms with Crippen LogP contribution in [0.3, 0.4) is 0 Å². The van der Waals surface area contributed by atoms with Crippen LogP contribution in [-0.2, 0) is 14.0 Å². The van der Waals surface area contributed by atoms with E-state index in [1.807, 2.05) is 33.7 Å². The Bertz CT molecular complexity index is 776. The van der Waals surface area contributed by atoms with Crippen molar-refractivity contribution in [2.45, 2.75) is 65.3 Å². The van der Waals surface area contributed by atoms with Crippen LogP contribution in [0.1, 0.15) is 57.1 Å². The molecule has 0 N–H and O–H groups in total. The first-order chi connectivity index (χ1) is 12.1. The summed E-state index contributed by atoms with van der Waals surface area (Å²) in [4.78, 5) is 12.4. The quantitative estimate of drug-likeness (QED) is 0.769. The van der Waals surface area contributed by atoms with Gasteiger partial charge < -0.3 is 23.2 Å². The highest BCUT2D eigenvalue weighted by Gasteiger charge is 2.50. The van der Waals surface area contributed by atoms with Crippen LogP contribution in [0.15, 0.2) is 20.8 Å². The van der Waals surface area contributed by atoms with E-state index < -0.39 is 7.12 Å². The van der Waals surface area contributed by atoms with E-state index in [-0.39, 0.29) is 28.7 Å². The lowest BCUT2D eigenvalue weighted by molar-refractivity contribution is 0.00578. The smallest absolute Gasteiger partial charge is 0.468 e. The molecule has 3 rings (SSSR count). The van der Waals surface area contributed by atoms with E-state index in [2.05, 4.69) is 0 Å². The summed E-state index contributed by atoms with van der Waals surface area (Å²) in [5.41, 5.74) is 1.28. The fourth-order valence-electron chi connectivity index (χ4n) is 3.24. The van der Waals surface area contributed by atoms with Crippen LogP contribution in [0.5, 0.6) is 5.95 Å². The van der Waals surface area contributed by atoms with Gasteiger partial charge in [-0.1, -0.05) is 5.98 Å². The Hall–Kier alpha value is -1.57. The molecule has 6 nitrogen and oxygen atoms in total. The zero-order chi connectivity index (χ0) is 19.3. The normalized spacial score (nSPS) is 25.9. The minimum Gasteiger partial charge on any atom is -0.468 e. The molecule has 0 spiro atoms. The number of methoxy groups -OCH3 is 1. The third kappa shape index (κ3) is 3.24. The molecule has 26 heavy (non-hydrogen) atoms. The molecule has 0 radical (unpaired) electrons. The van der Waals surface area contributed by atoms with Crippen LogP contribution >= 0.6 is 0 Å². The average molecular weight is 362 g/mol. The minimum atomic E-state index is -0.405. The van der Waals surface area contributed by atoms with Crippen molar-refractivity contribution in [2.24, 2.45) is 0 Å². The Balaban J connectivity index is 1.80. The Morgan fingerprint density at radius 3 is 2.31 bits per heavy atom. The van der Waals surface area contributed by atoms with Gasteiger partial charge in [-0.3, -0.25) is 4.79 Å². The van der Waals surface area contributed by atoms with Crippen molar-refractivity contribution in [1.29, 1.82) is 0 Å². The second-order valence-electron chi connectivity index (χ2n) is 7.99. The molecule has 0 amide bonds. The summed E-state index contributed by atoms with van der Waals surface area (Å²) in [5.74, 6) is 2.73. The Morgan fingerprint density at radius 1 is 1.12 bits per heavy atom. The molecule has 1 atom stereocenters. The molecule has 0 saturated carbocycles. The van der Waals surface area contributed by atoms with Crippen LogP contribution in [0.2, 0.25) is 0 Å². The molecule has 2 fully saturated rings. The molecule has 0 unspecified atom stereocenters. The lowest BCUT2D eigenvalue weighted by Crippen LogP contribution is -2.41. The molecule has 3 heterocycles. The highest BCUT2D eigenvalue weighted by Crippen LogP contribution is 2.39. The monoisotopic (exact) mass is 362 g/mol. The molecule has 2 saturated heterocycles. The lowest BCUT2D eigenvalue weighted by Gasteiger charge is -2.32. The van der Waals surface area contributed by atoms with Crippen LogP contribution < -0.4 is 10.2 Å². The molecular weight excluding hydrogens is 335 g/mol. The van der Waals surface area contributed by atoms with Gasteiger partial charge in [0.25, 0.3) is 5.95 Å². The topological polar surface area (TPSA) is 67.1 Å². The van der Waals surface area contributed by atoms with Crippen molar-refractivity contribution in [3.8, 4) is 5.95 Å². The van der Waals surface area contributed by atoms with Gasteiger partial charge in [-0.05, 0) is 47.1 Å². The zero-order valence-electron chi connectivity index (χ0n) is 16.6. The summed E-state index contributed by atoms with van der Waals surface area (Å²) in [7, 11) is 1.08. The molecule has 7 heteroatoms. The molecule has 0 aliphatic carbocycles. The van der Waals surface area contributed by atoms with Crippen LogP contribution in [-0.4, -0.2) is 32.0 Å². The SMILES string of the molecule is COc1oc([C@H]2C/C(=C\B3OC(C)(C)C(C)(C)O3)CO2)c(C)c(=O)c1C. The number of ether oxygens (including phenoxy) is 2. The predicted molar refractivity (Wildman–Crippen MR) is 98.5 cm³/mol. The second kappa shape index (κ2) is 6.55. The Labute approximate surface area is 154 Å². The maximum atomic E-state index is 12.4. The maximum absolute atomic E-state index is 12.4. The first-order valence-corrected chi connectivity index (χ1v) is 8.90. The summed E-state index contributed by atoms with van der Waals surface area (Å²) in [5, 5.41) is 0. The van der Waals surface area contributed by atoms with E-state index in [0.717, 1.165) is 5.57 Å². The van der Waals surface area contributed by atoms with Crippen LogP contribution in [0.25, 0.3) is 0 Å². The van der Waals surface area contributed by atoms with E-state index >= 15 is 0 Å². The highest BCUT2D eigenvalue weighted by atomic mass is 16.7.